The van der Waals surface area contributed by atoms with E-state index in [0.29, 0.717) is 13.2 Å². The topological polar surface area (TPSA) is 90.3 Å². The van der Waals surface area contributed by atoms with Crippen LogP contribution >= 0.6 is 0 Å². The van der Waals surface area contributed by atoms with E-state index in [1.54, 1.807) is 20.9 Å². The van der Waals surface area contributed by atoms with Crippen molar-refractivity contribution in [2.24, 2.45) is 0 Å². The highest BCUT2D eigenvalue weighted by molar-refractivity contribution is 5.76. The molecule has 0 radical (unpaired) electrons. The molecule has 1 aliphatic rings. The molecule has 1 fully saturated rings. The van der Waals surface area contributed by atoms with E-state index >= 15 is 0 Å². The summed E-state index contributed by atoms with van der Waals surface area (Å²) in [6.07, 6.45) is -0.137. The van der Waals surface area contributed by atoms with Crippen molar-refractivity contribution in [3.63, 3.8) is 0 Å². The van der Waals surface area contributed by atoms with E-state index in [1.165, 1.54) is 9.80 Å². The van der Waals surface area contributed by atoms with Crippen molar-refractivity contribution in [1.29, 1.82) is 0 Å². The average Bonchev–Trinajstić information content (AvgIpc) is 2.25. The Hall–Kier alpha value is -1.34. The van der Waals surface area contributed by atoms with Gasteiger partial charge in [-0.05, 0) is 13.8 Å². The predicted molar refractivity (Wildman–Crippen MR) is 67.9 cm³/mol. The lowest BCUT2D eigenvalue weighted by molar-refractivity contribution is -0.139. The fourth-order valence-electron chi connectivity index (χ4n) is 2.14. The number of ether oxygens (including phenoxy) is 1. The summed E-state index contributed by atoms with van der Waals surface area (Å²) in [5.74, 6) is -0.960. The Kier molecular flexibility index (Phi) is 5.13. The number of hydrogen-bond acceptors (Lipinski definition) is 4. The molecular weight excluding hydrogens is 252 g/mol. The Balaban J connectivity index is 2.68. The minimum absolute atomic E-state index is 0.137. The summed E-state index contributed by atoms with van der Waals surface area (Å²) in [4.78, 5) is 26.0. The normalized spacial score (nSPS) is 20.2. The number of urea groups is 1. The van der Waals surface area contributed by atoms with Crippen LogP contribution in [-0.4, -0.2) is 77.0 Å². The summed E-state index contributed by atoms with van der Waals surface area (Å²) < 4.78 is 5.22. The van der Waals surface area contributed by atoms with E-state index < -0.39 is 17.6 Å². The molecule has 1 rings (SSSR count). The summed E-state index contributed by atoms with van der Waals surface area (Å²) in [7, 11) is 1.59. The number of carbonyl (C=O) groups is 2. The smallest absolute Gasteiger partial charge is 0.320 e. The second-order valence-corrected chi connectivity index (χ2v) is 5.47. The molecule has 1 atom stereocenters. The maximum absolute atomic E-state index is 12.3. The van der Waals surface area contributed by atoms with Crippen LogP contribution in [0.25, 0.3) is 0 Å². The third-order valence-corrected chi connectivity index (χ3v) is 2.83. The molecule has 7 heteroatoms. The molecule has 2 amide bonds. The molecule has 0 saturated carbocycles. The molecule has 0 aliphatic carbocycles. The highest BCUT2D eigenvalue weighted by Gasteiger charge is 2.32. The summed E-state index contributed by atoms with van der Waals surface area (Å²) in [6.45, 7) is 4.41. The maximum atomic E-state index is 12.3. The van der Waals surface area contributed by atoms with Crippen LogP contribution in [0.15, 0.2) is 0 Å². The van der Waals surface area contributed by atoms with Gasteiger partial charge in [0.2, 0.25) is 0 Å². The molecule has 1 heterocycles. The highest BCUT2D eigenvalue weighted by atomic mass is 16.5. The van der Waals surface area contributed by atoms with Gasteiger partial charge in [0, 0.05) is 13.6 Å². The van der Waals surface area contributed by atoms with E-state index in [1.807, 2.05) is 0 Å². The van der Waals surface area contributed by atoms with E-state index in [0.717, 1.165) is 0 Å². The lowest BCUT2D eigenvalue weighted by atomic mass is 10.1. The first-order chi connectivity index (χ1) is 8.70. The molecule has 2 N–H and O–H groups in total. The van der Waals surface area contributed by atoms with E-state index in [-0.39, 0.29) is 25.6 Å². The number of carboxylic acid groups (broad SMARTS) is 1. The van der Waals surface area contributed by atoms with Crippen molar-refractivity contribution in [2.45, 2.75) is 31.9 Å². The van der Waals surface area contributed by atoms with Crippen LogP contribution in [0.5, 0.6) is 0 Å². The Morgan fingerprint density at radius 2 is 2.11 bits per heavy atom. The molecule has 110 valence electrons. The van der Waals surface area contributed by atoms with Crippen LogP contribution in [0, 0.1) is 0 Å². The molecule has 7 nitrogen and oxygen atoms in total. The Morgan fingerprint density at radius 1 is 1.47 bits per heavy atom. The third-order valence-electron chi connectivity index (χ3n) is 2.83. The number of carbonyl (C=O) groups excluding carboxylic acids is 1. The van der Waals surface area contributed by atoms with Crippen LogP contribution in [0.4, 0.5) is 4.79 Å². The molecule has 0 aromatic rings. The first-order valence-corrected chi connectivity index (χ1v) is 6.24. The summed E-state index contributed by atoms with van der Waals surface area (Å²) in [5.41, 5.74) is -0.987. The SMILES string of the molecule is CN(CC(C)(C)O)C(=O)N1CCOCC1CC(=O)O. The molecule has 19 heavy (non-hydrogen) atoms. The molecule has 0 aromatic carbocycles. The second-order valence-electron chi connectivity index (χ2n) is 5.47. The standard InChI is InChI=1S/C12H22N2O5/c1-12(2,18)8-13(3)11(17)14-4-5-19-7-9(14)6-10(15)16/h9,18H,4-8H2,1-3H3,(H,15,16). The van der Waals surface area contributed by atoms with Gasteiger partial charge in [0.1, 0.15) is 0 Å². The van der Waals surface area contributed by atoms with Gasteiger partial charge in [-0.2, -0.15) is 0 Å². The molecule has 1 saturated heterocycles. The van der Waals surface area contributed by atoms with Crippen molar-refractivity contribution in [3.8, 4) is 0 Å². The van der Waals surface area contributed by atoms with Crippen molar-refractivity contribution in [3.05, 3.63) is 0 Å². The van der Waals surface area contributed by atoms with Crippen molar-refractivity contribution < 1.29 is 24.5 Å². The van der Waals surface area contributed by atoms with Gasteiger partial charge in [-0.1, -0.05) is 0 Å². The van der Waals surface area contributed by atoms with Crippen LogP contribution < -0.4 is 0 Å². The quantitative estimate of drug-likeness (QED) is 0.752. The zero-order valence-electron chi connectivity index (χ0n) is 11.6. The number of nitrogens with zero attached hydrogens (tertiary/aromatic N) is 2. The average molecular weight is 274 g/mol. The number of amides is 2. The number of aliphatic hydroxyl groups is 1. The Bertz CT molecular complexity index is 340. The molecule has 1 aliphatic heterocycles. The predicted octanol–water partition coefficient (Wildman–Crippen LogP) is -0.0154. The lowest BCUT2D eigenvalue weighted by Crippen LogP contribution is -2.55. The number of aliphatic carboxylic acids is 1. The van der Waals surface area contributed by atoms with Gasteiger partial charge in [0.05, 0.1) is 37.8 Å². The third kappa shape index (κ3) is 5.04. The van der Waals surface area contributed by atoms with Crippen LogP contribution in [0.2, 0.25) is 0 Å². The monoisotopic (exact) mass is 274 g/mol. The van der Waals surface area contributed by atoms with E-state index in [2.05, 4.69) is 0 Å². The van der Waals surface area contributed by atoms with Crippen molar-refractivity contribution >= 4 is 12.0 Å². The minimum atomic E-state index is -0.987. The lowest BCUT2D eigenvalue weighted by Gasteiger charge is -2.38. The highest BCUT2D eigenvalue weighted by Crippen LogP contribution is 2.14. The van der Waals surface area contributed by atoms with Crippen LogP contribution in [-0.2, 0) is 9.53 Å². The Morgan fingerprint density at radius 3 is 2.63 bits per heavy atom. The first-order valence-electron chi connectivity index (χ1n) is 6.24. The van der Waals surface area contributed by atoms with Gasteiger partial charge >= 0.3 is 12.0 Å². The zero-order valence-corrected chi connectivity index (χ0v) is 11.6. The van der Waals surface area contributed by atoms with Crippen molar-refractivity contribution in [2.75, 3.05) is 33.4 Å². The summed E-state index contributed by atoms with van der Waals surface area (Å²) in [6, 6.07) is -0.736. The largest absolute Gasteiger partial charge is 0.481 e. The number of carboxylic acids is 1. The molecular formula is C12H22N2O5. The second kappa shape index (κ2) is 6.21. The van der Waals surface area contributed by atoms with Crippen LogP contribution in [0.1, 0.15) is 20.3 Å². The number of hydrogen-bond donors (Lipinski definition) is 2. The summed E-state index contributed by atoms with van der Waals surface area (Å²) in [5, 5.41) is 18.6. The minimum Gasteiger partial charge on any atom is -0.481 e. The number of rotatable bonds is 4. The fraction of sp³-hybridized carbons (Fsp3) is 0.833. The van der Waals surface area contributed by atoms with Crippen molar-refractivity contribution in [1.82, 2.24) is 9.80 Å². The summed E-state index contributed by atoms with van der Waals surface area (Å²) >= 11 is 0. The maximum Gasteiger partial charge on any atom is 0.320 e. The first kappa shape index (κ1) is 15.7. The Labute approximate surface area is 112 Å². The van der Waals surface area contributed by atoms with Gasteiger partial charge in [-0.3, -0.25) is 4.79 Å². The number of morpholine rings is 1. The molecule has 0 spiro atoms. The van der Waals surface area contributed by atoms with Gasteiger partial charge < -0.3 is 24.7 Å². The van der Waals surface area contributed by atoms with E-state index in [4.69, 9.17) is 9.84 Å². The molecule has 0 bridgehead atoms. The van der Waals surface area contributed by atoms with E-state index in [9.17, 15) is 14.7 Å². The van der Waals surface area contributed by atoms with Gasteiger partial charge in [0.15, 0.2) is 0 Å². The fourth-order valence-corrected chi connectivity index (χ4v) is 2.14. The number of likely N-dealkylation sites (N-methyl/N-ethyl adjacent to an activating group) is 1. The van der Waals surface area contributed by atoms with Gasteiger partial charge in [-0.15, -0.1) is 0 Å². The van der Waals surface area contributed by atoms with Gasteiger partial charge in [0.25, 0.3) is 0 Å². The molecule has 0 aromatic heterocycles. The van der Waals surface area contributed by atoms with Gasteiger partial charge in [-0.25, -0.2) is 4.79 Å². The zero-order chi connectivity index (χ0) is 14.6. The van der Waals surface area contributed by atoms with Crippen LogP contribution in [0.3, 0.4) is 0 Å². The molecule has 1 unspecified atom stereocenters.